The summed E-state index contributed by atoms with van der Waals surface area (Å²) in [5.41, 5.74) is 2.50. The van der Waals surface area contributed by atoms with Crippen LogP contribution in [0.5, 0.6) is 0 Å². The molecule has 2 N–H and O–H groups in total. The number of hydrogen-bond donors (Lipinski definition) is 2. The lowest BCUT2D eigenvalue weighted by molar-refractivity contribution is 0.625. The summed E-state index contributed by atoms with van der Waals surface area (Å²) in [6.07, 6.45) is 1.31. The molecule has 0 fully saturated rings. The van der Waals surface area contributed by atoms with Crippen molar-refractivity contribution in [2.45, 2.75) is 0 Å². The third-order valence-corrected chi connectivity index (χ3v) is 4.43. The summed E-state index contributed by atoms with van der Waals surface area (Å²) in [5.74, 6) is -0.0610. The van der Waals surface area contributed by atoms with Gasteiger partial charge in [-0.25, -0.2) is 9.49 Å². The van der Waals surface area contributed by atoms with Crippen molar-refractivity contribution in [3.8, 4) is 22.8 Å². The molecule has 4 aromatic rings. The molecule has 0 saturated carbocycles. The molecule has 9 heteroatoms. The van der Waals surface area contributed by atoms with E-state index in [4.69, 9.17) is 23.8 Å². The van der Waals surface area contributed by atoms with Crippen molar-refractivity contribution < 1.29 is 4.39 Å². The fourth-order valence-electron chi connectivity index (χ4n) is 2.52. The van der Waals surface area contributed by atoms with E-state index in [1.54, 1.807) is 6.07 Å². The van der Waals surface area contributed by atoms with Crippen LogP contribution in [0.25, 0.3) is 22.8 Å². The molecule has 27 heavy (non-hydrogen) atoms. The Labute approximate surface area is 163 Å². The summed E-state index contributed by atoms with van der Waals surface area (Å²) in [4.78, 5) is 0. The van der Waals surface area contributed by atoms with E-state index < -0.39 is 5.82 Å². The van der Waals surface area contributed by atoms with Crippen molar-refractivity contribution in [1.82, 2.24) is 25.1 Å². The van der Waals surface area contributed by atoms with Crippen molar-refractivity contribution in [1.29, 1.82) is 0 Å². The highest BCUT2D eigenvalue weighted by Crippen LogP contribution is 2.23. The maximum atomic E-state index is 13.9. The van der Waals surface area contributed by atoms with Crippen LogP contribution in [0.4, 0.5) is 4.39 Å². The first-order valence-corrected chi connectivity index (χ1v) is 8.69. The largest absolute Gasteiger partial charge is 0.274 e. The molecule has 0 aliphatic rings. The zero-order chi connectivity index (χ0) is 18.8. The summed E-state index contributed by atoms with van der Waals surface area (Å²) in [7, 11) is 0. The zero-order valence-electron chi connectivity index (χ0n) is 13.7. The van der Waals surface area contributed by atoms with Crippen molar-refractivity contribution in [3.05, 3.63) is 75.8 Å². The smallest absolute Gasteiger partial charge is 0.216 e. The van der Waals surface area contributed by atoms with Gasteiger partial charge in [-0.3, -0.25) is 5.10 Å². The number of rotatable bonds is 4. The second-order valence-corrected chi connectivity index (χ2v) is 6.37. The maximum Gasteiger partial charge on any atom is 0.216 e. The Balaban J connectivity index is 1.72. The van der Waals surface area contributed by atoms with Crippen LogP contribution in [0, 0.1) is 10.6 Å². The Morgan fingerprint density at radius 3 is 2.67 bits per heavy atom. The van der Waals surface area contributed by atoms with Crippen LogP contribution in [0.15, 0.2) is 59.7 Å². The molecular weight excluding hydrogens is 387 g/mol. The van der Waals surface area contributed by atoms with Gasteiger partial charge in [-0.2, -0.15) is 20.0 Å². The Bertz CT molecular complexity index is 1160. The number of nitrogens with zero attached hydrogens (tertiary/aromatic N) is 4. The second-order valence-electron chi connectivity index (χ2n) is 5.58. The molecule has 0 amide bonds. The predicted octanol–water partition coefficient (Wildman–Crippen LogP) is 4.67. The standard InChI is InChI=1S/C18H12ClFN6S/c19-13-7-4-8-14(20)12(13)10-21-26-17(24-25-18(26)27)16-9-15(22-23-16)11-5-2-1-3-6-11/h1-10H,(H,22,23)(H,25,27). The number of hydrogen-bond acceptors (Lipinski definition) is 4. The van der Waals surface area contributed by atoms with E-state index >= 15 is 0 Å². The van der Waals surface area contributed by atoms with Gasteiger partial charge in [-0.15, -0.1) is 0 Å². The number of halogens is 2. The van der Waals surface area contributed by atoms with Gasteiger partial charge in [0.05, 0.1) is 16.9 Å². The van der Waals surface area contributed by atoms with Gasteiger partial charge in [0.25, 0.3) is 0 Å². The lowest BCUT2D eigenvalue weighted by Crippen LogP contribution is -1.97. The Morgan fingerprint density at radius 1 is 1.07 bits per heavy atom. The molecule has 0 bridgehead atoms. The highest BCUT2D eigenvalue weighted by atomic mass is 35.5. The highest BCUT2D eigenvalue weighted by Gasteiger charge is 2.13. The molecule has 0 radical (unpaired) electrons. The van der Waals surface area contributed by atoms with Gasteiger partial charge in [-0.1, -0.05) is 48.0 Å². The number of aromatic nitrogens is 5. The number of nitrogens with one attached hydrogen (secondary N) is 2. The maximum absolute atomic E-state index is 13.9. The van der Waals surface area contributed by atoms with Crippen LogP contribution >= 0.6 is 23.8 Å². The molecule has 4 rings (SSSR count). The van der Waals surface area contributed by atoms with E-state index in [1.807, 2.05) is 36.4 Å². The van der Waals surface area contributed by atoms with Crippen molar-refractivity contribution in [2.75, 3.05) is 0 Å². The summed E-state index contributed by atoms with van der Waals surface area (Å²) < 4.78 is 15.6. The molecule has 0 atom stereocenters. The van der Waals surface area contributed by atoms with Crippen molar-refractivity contribution >= 4 is 30.0 Å². The molecule has 0 spiro atoms. The highest BCUT2D eigenvalue weighted by molar-refractivity contribution is 7.71. The van der Waals surface area contributed by atoms with Crippen molar-refractivity contribution in [3.63, 3.8) is 0 Å². The quantitative estimate of drug-likeness (QED) is 0.387. The average Bonchev–Trinajstić information content (AvgIpc) is 3.29. The Kier molecular flexibility index (Phi) is 4.66. The lowest BCUT2D eigenvalue weighted by Gasteiger charge is -2.00. The van der Waals surface area contributed by atoms with Crippen LogP contribution in [0.1, 0.15) is 5.56 Å². The van der Waals surface area contributed by atoms with Crippen molar-refractivity contribution in [2.24, 2.45) is 5.10 Å². The molecule has 2 aromatic carbocycles. The second kappa shape index (κ2) is 7.26. The summed E-state index contributed by atoms with van der Waals surface area (Å²) in [6, 6.07) is 16.0. The third kappa shape index (κ3) is 3.44. The predicted molar refractivity (Wildman–Crippen MR) is 105 cm³/mol. The van der Waals surface area contributed by atoms with Crippen LogP contribution in [-0.2, 0) is 0 Å². The first kappa shape index (κ1) is 17.3. The fourth-order valence-corrected chi connectivity index (χ4v) is 2.91. The van der Waals surface area contributed by atoms with Crippen LogP contribution < -0.4 is 0 Å². The molecule has 134 valence electrons. The van der Waals surface area contributed by atoms with E-state index in [9.17, 15) is 4.39 Å². The number of benzene rings is 2. The van der Waals surface area contributed by atoms with E-state index in [-0.39, 0.29) is 15.4 Å². The summed E-state index contributed by atoms with van der Waals surface area (Å²) >= 11 is 11.3. The van der Waals surface area contributed by atoms with E-state index in [0.29, 0.717) is 11.5 Å². The van der Waals surface area contributed by atoms with E-state index in [2.05, 4.69) is 25.5 Å². The van der Waals surface area contributed by atoms with Gasteiger partial charge in [0.1, 0.15) is 11.5 Å². The minimum absolute atomic E-state index is 0.169. The zero-order valence-corrected chi connectivity index (χ0v) is 15.3. The Morgan fingerprint density at radius 2 is 1.89 bits per heavy atom. The lowest BCUT2D eigenvalue weighted by atomic mass is 10.1. The molecule has 0 aliphatic heterocycles. The van der Waals surface area contributed by atoms with Gasteiger partial charge in [0.2, 0.25) is 10.6 Å². The van der Waals surface area contributed by atoms with Crippen LogP contribution in [-0.4, -0.2) is 31.3 Å². The molecular formula is C18H12ClFN6S. The first-order chi connectivity index (χ1) is 13.1. The molecule has 0 unspecified atom stereocenters. The molecule has 0 aliphatic carbocycles. The molecule has 6 nitrogen and oxygen atoms in total. The van der Waals surface area contributed by atoms with E-state index in [0.717, 1.165) is 11.3 Å². The average molecular weight is 399 g/mol. The molecule has 0 saturated heterocycles. The van der Waals surface area contributed by atoms with Gasteiger partial charge >= 0.3 is 0 Å². The normalized spacial score (nSPS) is 11.3. The minimum atomic E-state index is -0.476. The number of H-pyrrole nitrogens is 2. The van der Waals surface area contributed by atoms with Gasteiger partial charge in [-0.05, 0) is 30.4 Å². The van der Waals surface area contributed by atoms with Gasteiger partial charge in [0.15, 0.2) is 0 Å². The SMILES string of the molecule is Fc1cccc(Cl)c1C=Nn1c(-c2cc(-c3ccccc3)n[nH]2)n[nH]c1=S. The Hall–Kier alpha value is -3.10. The van der Waals surface area contributed by atoms with Gasteiger partial charge in [0, 0.05) is 11.1 Å². The monoisotopic (exact) mass is 398 g/mol. The van der Waals surface area contributed by atoms with E-state index in [1.165, 1.54) is 23.0 Å². The topological polar surface area (TPSA) is 74.7 Å². The first-order valence-electron chi connectivity index (χ1n) is 7.90. The fraction of sp³-hybridized carbons (Fsp3) is 0. The summed E-state index contributed by atoms with van der Waals surface area (Å²) in [5, 5.41) is 18.6. The minimum Gasteiger partial charge on any atom is -0.274 e. The van der Waals surface area contributed by atoms with Gasteiger partial charge < -0.3 is 0 Å². The third-order valence-electron chi connectivity index (χ3n) is 3.84. The summed E-state index contributed by atoms with van der Waals surface area (Å²) in [6.45, 7) is 0. The number of aromatic amines is 2. The van der Waals surface area contributed by atoms with Crippen LogP contribution in [0.2, 0.25) is 5.02 Å². The van der Waals surface area contributed by atoms with Crippen LogP contribution in [0.3, 0.4) is 0 Å². The molecule has 2 aromatic heterocycles. The molecule has 2 heterocycles.